The van der Waals surface area contributed by atoms with Crippen molar-refractivity contribution in [3.05, 3.63) is 28.8 Å². The van der Waals surface area contributed by atoms with Gasteiger partial charge in [-0.3, -0.25) is 0 Å². The lowest BCUT2D eigenvalue weighted by atomic mass is 10.1. The van der Waals surface area contributed by atoms with Crippen LogP contribution in [0.2, 0.25) is 5.02 Å². The van der Waals surface area contributed by atoms with E-state index < -0.39 is 11.6 Å². The molecule has 0 aromatic heterocycles. The first-order chi connectivity index (χ1) is 7.86. The number of halogens is 1. The molecule has 0 aliphatic heterocycles. The van der Waals surface area contributed by atoms with Gasteiger partial charge < -0.3 is 9.47 Å². The fourth-order valence-electron chi connectivity index (χ4n) is 1.28. The monoisotopic (exact) mass is 256 g/mol. The van der Waals surface area contributed by atoms with Crippen LogP contribution in [0.4, 0.5) is 0 Å². The van der Waals surface area contributed by atoms with E-state index in [-0.39, 0.29) is 0 Å². The van der Waals surface area contributed by atoms with Gasteiger partial charge >= 0.3 is 5.97 Å². The number of hydrogen-bond acceptors (Lipinski definition) is 3. The number of ether oxygens (including phenoxy) is 2. The van der Waals surface area contributed by atoms with Crippen molar-refractivity contribution in [1.82, 2.24) is 0 Å². The summed E-state index contributed by atoms with van der Waals surface area (Å²) in [6.45, 7) is 7.33. The van der Waals surface area contributed by atoms with Crippen LogP contribution in [0.25, 0.3) is 0 Å². The van der Waals surface area contributed by atoms with Crippen LogP contribution in [0.15, 0.2) is 18.2 Å². The van der Waals surface area contributed by atoms with Crippen molar-refractivity contribution in [1.29, 1.82) is 0 Å². The number of benzene rings is 1. The molecule has 3 nitrogen and oxygen atoms in total. The molecule has 4 heteroatoms. The van der Waals surface area contributed by atoms with Crippen LogP contribution in [0.5, 0.6) is 5.75 Å². The molecule has 0 amide bonds. The lowest BCUT2D eigenvalue weighted by Crippen LogP contribution is -2.39. The number of esters is 1. The highest BCUT2D eigenvalue weighted by atomic mass is 35.5. The normalized spacial score (nSPS) is 11.1. The molecule has 1 aromatic rings. The minimum atomic E-state index is -1.02. The number of rotatable bonds is 4. The molecule has 0 N–H and O–H groups in total. The fourth-order valence-corrected chi connectivity index (χ4v) is 1.45. The molecule has 94 valence electrons. The summed E-state index contributed by atoms with van der Waals surface area (Å²) in [6.07, 6.45) is 0. The van der Waals surface area contributed by atoms with Gasteiger partial charge in [-0.05, 0) is 45.4 Å². The average Bonchev–Trinajstić information content (AvgIpc) is 2.23. The van der Waals surface area contributed by atoms with E-state index in [0.29, 0.717) is 17.4 Å². The zero-order valence-electron chi connectivity index (χ0n) is 10.5. The summed E-state index contributed by atoms with van der Waals surface area (Å²) in [4.78, 5) is 11.6. The lowest BCUT2D eigenvalue weighted by Gasteiger charge is -2.24. The van der Waals surface area contributed by atoms with E-state index in [0.717, 1.165) is 5.56 Å². The van der Waals surface area contributed by atoms with Crippen LogP contribution in [-0.2, 0) is 9.53 Å². The second-order valence-electron chi connectivity index (χ2n) is 4.24. The molecule has 1 aromatic carbocycles. The Morgan fingerprint density at radius 1 is 1.41 bits per heavy atom. The Morgan fingerprint density at radius 2 is 2.06 bits per heavy atom. The molecule has 0 fully saturated rings. The summed E-state index contributed by atoms with van der Waals surface area (Å²) >= 11 is 5.99. The van der Waals surface area contributed by atoms with Gasteiger partial charge in [-0.15, -0.1) is 0 Å². The minimum absolute atomic E-state index is 0.334. The van der Waals surface area contributed by atoms with Crippen molar-refractivity contribution in [2.24, 2.45) is 0 Å². The molecule has 0 aliphatic carbocycles. The highest BCUT2D eigenvalue weighted by molar-refractivity contribution is 6.31. The highest BCUT2D eigenvalue weighted by Crippen LogP contribution is 2.25. The van der Waals surface area contributed by atoms with E-state index in [1.165, 1.54) is 0 Å². The van der Waals surface area contributed by atoms with Gasteiger partial charge in [0.05, 0.1) is 6.61 Å². The van der Waals surface area contributed by atoms with Crippen LogP contribution < -0.4 is 4.74 Å². The summed E-state index contributed by atoms with van der Waals surface area (Å²) < 4.78 is 10.5. The molecule has 0 saturated heterocycles. The Labute approximate surface area is 107 Å². The quantitative estimate of drug-likeness (QED) is 0.775. The first kappa shape index (κ1) is 13.8. The maximum absolute atomic E-state index is 11.6. The van der Waals surface area contributed by atoms with E-state index in [1.54, 1.807) is 32.9 Å². The molecular formula is C13H17ClO3. The third kappa shape index (κ3) is 3.63. The molecular weight excluding hydrogens is 240 g/mol. The number of carbonyl (C=O) groups is 1. The summed E-state index contributed by atoms with van der Waals surface area (Å²) in [5.74, 6) is 0.162. The smallest absolute Gasteiger partial charge is 0.349 e. The Bertz CT molecular complexity index is 413. The Balaban J connectivity index is 2.82. The zero-order valence-corrected chi connectivity index (χ0v) is 11.3. The Kier molecular flexibility index (Phi) is 4.40. The summed E-state index contributed by atoms with van der Waals surface area (Å²) in [5.41, 5.74) is -0.0535. The van der Waals surface area contributed by atoms with Gasteiger partial charge in [-0.25, -0.2) is 4.79 Å². The van der Waals surface area contributed by atoms with Gasteiger partial charge in [0.1, 0.15) is 5.75 Å². The average molecular weight is 257 g/mol. The molecule has 17 heavy (non-hydrogen) atoms. The van der Waals surface area contributed by atoms with Crippen molar-refractivity contribution < 1.29 is 14.3 Å². The van der Waals surface area contributed by atoms with Crippen molar-refractivity contribution in [2.45, 2.75) is 33.3 Å². The third-order valence-electron chi connectivity index (χ3n) is 2.28. The van der Waals surface area contributed by atoms with E-state index in [9.17, 15) is 4.79 Å². The van der Waals surface area contributed by atoms with Crippen LogP contribution in [0.3, 0.4) is 0 Å². The largest absolute Gasteiger partial charge is 0.476 e. The van der Waals surface area contributed by atoms with Crippen molar-refractivity contribution in [3.63, 3.8) is 0 Å². The standard InChI is InChI=1S/C13H17ClO3/c1-5-16-12(15)13(3,4)17-10-7-6-9(2)11(14)8-10/h6-8H,5H2,1-4H3. The molecule has 0 bridgehead atoms. The molecule has 1 rings (SSSR count). The number of hydrogen-bond donors (Lipinski definition) is 0. The SMILES string of the molecule is CCOC(=O)C(C)(C)Oc1ccc(C)c(Cl)c1. The number of aryl methyl sites for hydroxylation is 1. The zero-order chi connectivity index (χ0) is 13.1. The Morgan fingerprint density at radius 3 is 2.59 bits per heavy atom. The summed E-state index contributed by atoms with van der Waals surface area (Å²) in [5, 5.41) is 0.613. The van der Waals surface area contributed by atoms with Gasteiger partial charge in [-0.2, -0.15) is 0 Å². The summed E-state index contributed by atoms with van der Waals surface area (Å²) in [6, 6.07) is 5.32. The van der Waals surface area contributed by atoms with E-state index in [1.807, 2.05) is 13.0 Å². The highest BCUT2D eigenvalue weighted by Gasteiger charge is 2.31. The van der Waals surface area contributed by atoms with Crippen LogP contribution in [-0.4, -0.2) is 18.2 Å². The second kappa shape index (κ2) is 5.41. The van der Waals surface area contributed by atoms with E-state index in [4.69, 9.17) is 21.1 Å². The maximum Gasteiger partial charge on any atom is 0.349 e. The molecule has 0 atom stereocenters. The minimum Gasteiger partial charge on any atom is -0.476 e. The van der Waals surface area contributed by atoms with E-state index in [2.05, 4.69) is 0 Å². The predicted octanol–water partition coefficient (Wildman–Crippen LogP) is 3.37. The first-order valence-electron chi connectivity index (χ1n) is 5.49. The summed E-state index contributed by atoms with van der Waals surface area (Å²) in [7, 11) is 0. The van der Waals surface area contributed by atoms with Gasteiger partial charge in [-0.1, -0.05) is 17.7 Å². The van der Waals surface area contributed by atoms with E-state index >= 15 is 0 Å². The van der Waals surface area contributed by atoms with Gasteiger partial charge in [0.25, 0.3) is 0 Å². The third-order valence-corrected chi connectivity index (χ3v) is 2.69. The van der Waals surface area contributed by atoms with Crippen molar-refractivity contribution >= 4 is 17.6 Å². The molecule has 0 saturated carbocycles. The van der Waals surface area contributed by atoms with Crippen LogP contribution >= 0.6 is 11.6 Å². The van der Waals surface area contributed by atoms with Crippen LogP contribution in [0, 0.1) is 6.92 Å². The molecule has 0 aliphatic rings. The van der Waals surface area contributed by atoms with Gasteiger partial charge in [0, 0.05) is 5.02 Å². The van der Waals surface area contributed by atoms with Crippen LogP contribution in [0.1, 0.15) is 26.3 Å². The fraction of sp³-hybridized carbons (Fsp3) is 0.462. The molecule has 0 spiro atoms. The number of carbonyl (C=O) groups excluding carboxylic acids is 1. The lowest BCUT2D eigenvalue weighted by molar-refractivity contribution is -0.158. The molecule has 0 heterocycles. The first-order valence-corrected chi connectivity index (χ1v) is 5.87. The molecule has 0 radical (unpaired) electrons. The maximum atomic E-state index is 11.6. The topological polar surface area (TPSA) is 35.5 Å². The van der Waals surface area contributed by atoms with Crippen molar-refractivity contribution in [2.75, 3.05) is 6.61 Å². The predicted molar refractivity (Wildman–Crippen MR) is 67.5 cm³/mol. The molecule has 0 unspecified atom stereocenters. The van der Waals surface area contributed by atoms with Gasteiger partial charge in [0.15, 0.2) is 5.60 Å². The van der Waals surface area contributed by atoms with Crippen molar-refractivity contribution in [3.8, 4) is 5.75 Å². The second-order valence-corrected chi connectivity index (χ2v) is 4.65. The van der Waals surface area contributed by atoms with Gasteiger partial charge in [0.2, 0.25) is 0 Å². The Hall–Kier alpha value is -1.22.